The van der Waals surface area contributed by atoms with E-state index in [0.717, 1.165) is 37.3 Å². The van der Waals surface area contributed by atoms with E-state index in [1.807, 2.05) is 25.2 Å². The van der Waals surface area contributed by atoms with Gasteiger partial charge < -0.3 is 15.7 Å². The zero-order chi connectivity index (χ0) is 11.8. The number of hydrogen-bond acceptors (Lipinski definition) is 4. The Morgan fingerprint density at radius 2 is 2.12 bits per heavy atom. The Morgan fingerprint density at radius 3 is 2.81 bits per heavy atom. The molecule has 0 aliphatic carbocycles. The maximum absolute atomic E-state index is 8.68. The zero-order valence-electron chi connectivity index (χ0n) is 9.89. The van der Waals surface area contributed by atoms with Crippen LogP contribution in [0.2, 0.25) is 0 Å². The summed E-state index contributed by atoms with van der Waals surface area (Å²) in [4.78, 5) is 6.56. The maximum Gasteiger partial charge on any atom is 0.128 e. The summed E-state index contributed by atoms with van der Waals surface area (Å²) < 4.78 is 0. The summed E-state index contributed by atoms with van der Waals surface area (Å²) in [5.41, 5.74) is 6.47. The Kier molecular flexibility index (Phi) is 5.82. The minimum Gasteiger partial charge on any atom is -0.396 e. The molecule has 1 aromatic rings. The highest BCUT2D eigenvalue weighted by molar-refractivity contribution is 5.37. The summed E-state index contributed by atoms with van der Waals surface area (Å²) >= 11 is 0. The van der Waals surface area contributed by atoms with Crippen LogP contribution < -0.4 is 10.6 Å². The number of aromatic nitrogens is 1. The van der Waals surface area contributed by atoms with Crippen LogP contribution in [0.25, 0.3) is 0 Å². The first-order chi connectivity index (χ1) is 7.77. The molecule has 1 heterocycles. The number of aliphatic hydroxyl groups excluding tert-OH is 1. The standard InChI is InChI=1S/C12H21N3O/c1-15(8-3-2-4-9-16)12-7-5-6-11(10-13)14-12/h5-7,16H,2-4,8-10,13H2,1H3. The second-order valence-electron chi connectivity index (χ2n) is 3.90. The van der Waals surface area contributed by atoms with Crippen LogP contribution in [0, 0.1) is 0 Å². The van der Waals surface area contributed by atoms with Crippen LogP contribution in [0.5, 0.6) is 0 Å². The molecule has 4 heteroatoms. The molecule has 0 unspecified atom stereocenters. The highest BCUT2D eigenvalue weighted by Gasteiger charge is 2.02. The van der Waals surface area contributed by atoms with Crippen LogP contribution in [0.15, 0.2) is 18.2 Å². The van der Waals surface area contributed by atoms with Crippen molar-refractivity contribution in [1.82, 2.24) is 4.98 Å². The van der Waals surface area contributed by atoms with Gasteiger partial charge in [0.05, 0.1) is 5.69 Å². The highest BCUT2D eigenvalue weighted by atomic mass is 16.2. The summed E-state index contributed by atoms with van der Waals surface area (Å²) in [6, 6.07) is 5.91. The first kappa shape index (κ1) is 12.9. The van der Waals surface area contributed by atoms with Crippen LogP contribution in [0.1, 0.15) is 25.0 Å². The lowest BCUT2D eigenvalue weighted by Crippen LogP contribution is -2.20. The number of pyridine rings is 1. The van der Waals surface area contributed by atoms with Gasteiger partial charge in [0, 0.05) is 26.7 Å². The Bertz CT molecular complexity index is 304. The summed E-state index contributed by atoms with van der Waals surface area (Å²) in [5, 5.41) is 8.68. The van der Waals surface area contributed by atoms with Gasteiger partial charge in [0.1, 0.15) is 5.82 Å². The third kappa shape index (κ3) is 4.16. The number of unbranched alkanes of at least 4 members (excludes halogenated alkanes) is 2. The second kappa shape index (κ2) is 7.19. The Balaban J connectivity index is 2.42. The van der Waals surface area contributed by atoms with E-state index in [1.165, 1.54) is 0 Å². The molecule has 0 aliphatic rings. The van der Waals surface area contributed by atoms with Crippen LogP contribution in [0.3, 0.4) is 0 Å². The molecule has 0 fully saturated rings. The van der Waals surface area contributed by atoms with E-state index in [9.17, 15) is 0 Å². The zero-order valence-corrected chi connectivity index (χ0v) is 9.89. The SMILES string of the molecule is CN(CCCCCO)c1cccc(CN)n1. The molecule has 0 aromatic carbocycles. The monoisotopic (exact) mass is 223 g/mol. The first-order valence-electron chi connectivity index (χ1n) is 5.76. The van der Waals surface area contributed by atoms with Crippen molar-refractivity contribution in [2.24, 2.45) is 5.73 Å². The van der Waals surface area contributed by atoms with E-state index < -0.39 is 0 Å². The van der Waals surface area contributed by atoms with Crippen LogP contribution in [-0.4, -0.2) is 30.3 Å². The lowest BCUT2D eigenvalue weighted by Gasteiger charge is -2.18. The number of anilines is 1. The molecule has 0 atom stereocenters. The Labute approximate surface area is 97.1 Å². The third-order valence-corrected chi connectivity index (χ3v) is 2.54. The van der Waals surface area contributed by atoms with E-state index in [0.29, 0.717) is 6.54 Å². The second-order valence-corrected chi connectivity index (χ2v) is 3.90. The van der Waals surface area contributed by atoms with E-state index in [1.54, 1.807) is 0 Å². The van der Waals surface area contributed by atoms with Crippen LogP contribution in [0.4, 0.5) is 5.82 Å². The Hall–Kier alpha value is -1.13. The molecule has 0 saturated heterocycles. The molecule has 90 valence electrons. The summed E-state index contributed by atoms with van der Waals surface area (Å²) in [6.45, 7) is 1.72. The van der Waals surface area contributed by atoms with Crippen molar-refractivity contribution in [1.29, 1.82) is 0 Å². The molecule has 1 aromatic heterocycles. The smallest absolute Gasteiger partial charge is 0.128 e. The maximum atomic E-state index is 8.68. The van der Waals surface area contributed by atoms with Crippen molar-refractivity contribution in [2.45, 2.75) is 25.8 Å². The summed E-state index contributed by atoms with van der Waals surface area (Å²) in [6.07, 6.45) is 3.01. The van der Waals surface area contributed by atoms with E-state index in [2.05, 4.69) is 9.88 Å². The average Bonchev–Trinajstić information content (AvgIpc) is 2.34. The van der Waals surface area contributed by atoms with Gasteiger partial charge in [-0.05, 0) is 31.4 Å². The number of rotatable bonds is 7. The van der Waals surface area contributed by atoms with E-state index >= 15 is 0 Å². The van der Waals surface area contributed by atoms with Gasteiger partial charge in [0.2, 0.25) is 0 Å². The normalized spacial score (nSPS) is 10.4. The lowest BCUT2D eigenvalue weighted by molar-refractivity contribution is 0.283. The van der Waals surface area contributed by atoms with Crippen molar-refractivity contribution in [3.8, 4) is 0 Å². The summed E-state index contributed by atoms with van der Waals surface area (Å²) in [5.74, 6) is 0.965. The molecule has 16 heavy (non-hydrogen) atoms. The first-order valence-corrected chi connectivity index (χ1v) is 5.76. The molecule has 0 amide bonds. The highest BCUT2D eigenvalue weighted by Crippen LogP contribution is 2.10. The van der Waals surface area contributed by atoms with Gasteiger partial charge in [-0.25, -0.2) is 4.98 Å². The molecule has 4 nitrogen and oxygen atoms in total. The Morgan fingerprint density at radius 1 is 1.31 bits per heavy atom. The minimum absolute atomic E-state index is 0.282. The van der Waals surface area contributed by atoms with Gasteiger partial charge >= 0.3 is 0 Å². The number of aliphatic hydroxyl groups is 1. The van der Waals surface area contributed by atoms with Gasteiger partial charge in [0.25, 0.3) is 0 Å². The van der Waals surface area contributed by atoms with Crippen molar-refractivity contribution < 1.29 is 5.11 Å². The fourth-order valence-corrected chi connectivity index (χ4v) is 1.55. The number of nitrogens with zero attached hydrogens (tertiary/aromatic N) is 2. The summed E-state index contributed by atoms with van der Waals surface area (Å²) in [7, 11) is 2.03. The topological polar surface area (TPSA) is 62.4 Å². The quantitative estimate of drug-likeness (QED) is 0.680. The molecule has 0 radical (unpaired) electrons. The molecule has 0 saturated carbocycles. The van der Waals surface area contributed by atoms with Crippen LogP contribution >= 0.6 is 0 Å². The molecule has 3 N–H and O–H groups in total. The van der Waals surface area contributed by atoms with Gasteiger partial charge in [0.15, 0.2) is 0 Å². The molecule has 1 rings (SSSR count). The van der Waals surface area contributed by atoms with Crippen molar-refractivity contribution in [3.63, 3.8) is 0 Å². The molecule has 0 bridgehead atoms. The third-order valence-electron chi connectivity index (χ3n) is 2.54. The molecule has 0 aliphatic heterocycles. The van der Waals surface area contributed by atoms with Gasteiger partial charge in [-0.1, -0.05) is 6.07 Å². The minimum atomic E-state index is 0.282. The lowest BCUT2D eigenvalue weighted by atomic mass is 10.2. The predicted molar refractivity (Wildman–Crippen MR) is 66.3 cm³/mol. The van der Waals surface area contributed by atoms with Gasteiger partial charge in [-0.15, -0.1) is 0 Å². The fourth-order valence-electron chi connectivity index (χ4n) is 1.55. The fraction of sp³-hybridized carbons (Fsp3) is 0.583. The largest absolute Gasteiger partial charge is 0.396 e. The number of hydrogen-bond donors (Lipinski definition) is 2. The molecular weight excluding hydrogens is 202 g/mol. The van der Waals surface area contributed by atoms with E-state index in [4.69, 9.17) is 10.8 Å². The van der Waals surface area contributed by atoms with Gasteiger partial charge in [-0.3, -0.25) is 0 Å². The van der Waals surface area contributed by atoms with Crippen molar-refractivity contribution in [3.05, 3.63) is 23.9 Å². The van der Waals surface area contributed by atoms with Crippen molar-refractivity contribution >= 4 is 5.82 Å². The predicted octanol–water partition coefficient (Wildman–Crippen LogP) is 1.14. The number of nitrogens with two attached hydrogens (primary N) is 1. The average molecular weight is 223 g/mol. The van der Waals surface area contributed by atoms with Gasteiger partial charge in [-0.2, -0.15) is 0 Å². The van der Waals surface area contributed by atoms with Crippen molar-refractivity contribution in [2.75, 3.05) is 25.1 Å². The molecular formula is C12H21N3O. The van der Waals surface area contributed by atoms with E-state index in [-0.39, 0.29) is 6.61 Å². The molecule has 0 spiro atoms. The van der Waals surface area contributed by atoms with Crippen LogP contribution in [-0.2, 0) is 6.54 Å².